The van der Waals surface area contributed by atoms with Gasteiger partial charge in [0.15, 0.2) is 0 Å². The summed E-state index contributed by atoms with van der Waals surface area (Å²) >= 11 is 0. The van der Waals surface area contributed by atoms with Crippen molar-refractivity contribution in [2.45, 2.75) is 84.9 Å². The first-order valence-electron chi connectivity index (χ1n) is 11.6. The Morgan fingerprint density at radius 1 is 1.09 bits per heavy atom. The van der Waals surface area contributed by atoms with Crippen molar-refractivity contribution < 1.29 is 19.1 Å². The van der Waals surface area contributed by atoms with Gasteiger partial charge in [-0.05, 0) is 58.7 Å². The molecule has 182 valence electrons. The lowest BCUT2D eigenvalue weighted by molar-refractivity contribution is -0.140. The molecule has 0 radical (unpaired) electrons. The van der Waals surface area contributed by atoms with Crippen LogP contribution < -0.4 is 10.6 Å². The van der Waals surface area contributed by atoms with Crippen molar-refractivity contribution in [2.75, 3.05) is 13.1 Å². The van der Waals surface area contributed by atoms with E-state index >= 15 is 0 Å². The SMILES string of the molecule is C#Cc1ccc(C(C(=O)NC(C)C)N(CCCCCC)C(=O)CNC(=O)OC(C)(C)C)cc1. The number of carbonyl (C=O) groups excluding carboxylic acids is 3. The zero-order chi connectivity index (χ0) is 25.0. The monoisotopic (exact) mass is 457 g/mol. The van der Waals surface area contributed by atoms with E-state index in [2.05, 4.69) is 23.5 Å². The van der Waals surface area contributed by atoms with Crippen molar-refractivity contribution in [3.05, 3.63) is 35.4 Å². The van der Waals surface area contributed by atoms with Crippen LogP contribution in [0.3, 0.4) is 0 Å². The molecule has 1 atom stereocenters. The number of ether oxygens (including phenoxy) is 1. The minimum absolute atomic E-state index is 0.0955. The number of rotatable bonds is 11. The van der Waals surface area contributed by atoms with Gasteiger partial charge in [0.2, 0.25) is 11.8 Å². The molecule has 0 fully saturated rings. The van der Waals surface area contributed by atoms with Crippen molar-refractivity contribution in [1.29, 1.82) is 0 Å². The molecule has 7 nitrogen and oxygen atoms in total. The summed E-state index contributed by atoms with van der Waals surface area (Å²) in [4.78, 5) is 40.1. The smallest absolute Gasteiger partial charge is 0.408 e. The molecule has 1 aromatic rings. The number of benzene rings is 1. The summed E-state index contributed by atoms with van der Waals surface area (Å²) in [6.45, 7) is 11.2. The van der Waals surface area contributed by atoms with E-state index in [1.807, 2.05) is 13.8 Å². The second kappa shape index (κ2) is 13.5. The van der Waals surface area contributed by atoms with E-state index in [1.165, 1.54) is 4.90 Å². The Balaban J connectivity index is 3.19. The van der Waals surface area contributed by atoms with Crippen LogP contribution in [0.4, 0.5) is 4.79 Å². The average Bonchev–Trinajstić information content (AvgIpc) is 2.72. The fourth-order valence-corrected chi connectivity index (χ4v) is 3.27. The van der Waals surface area contributed by atoms with Gasteiger partial charge in [0, 0.05) is 18.2 Å². The van der Waals surface area contributed by atoms with E-state index in [1.54, 1.807) is 45.0 Å². The quantitative estimate of drug-likeness (QED) is 0.386. The summed E-state index contributed by atoms with van der Waals surface area (Å²) in [6, 6.07) is 6.12. The minimum atomic E-state index is -0.839. The highest BCUT2D eigenvalue weighted by Crippen LogP contribution is 2.23. The molecule has 1 aromatic carbocycles. The first kappa shape index (κ1) is 28.0. The highest BCUT2D eigenvalue weighted by atomic mass is 16.6. The topological polar surface area (TPSA) is 87.7 Å². The van der Waals surface area contributed by atoms with Gasteiger partial charge in [-0.3, -0.25) is 9.59 Å². The predicted octanol–water partition coefficient (Wildman–Crippen LogP) is 4.17. The van der Waals surface area contributed by atoms with Gasteiger partial charge in [-0.25, -0.2) is 4.79 Å². The summed E-state index contributed by atoms with van der Waals surface area (Å²) in [6.07, 6.45) is 8.57. The lowest BCUT2D eigenvalue weighted by Crippen LogP contribution is -2.49. The largest absolute Gasteiger partial charge is 0.444 e. The van der Waals surface area contributed by atoms with Crippen LogP contribution in [-0.4, -0.2) is 47.5 Å². The maximum absolute atomic E-state index is 13.2. The molecular weight excluding hydrogens is 418 g/mol. The molecule has 1 rings (SSSR count). The number of unbranched alkanes of at least 4 members (excludes halogenated alkanes) is 3. The number of alkyl carbamates (subject to hydrolysis) is 1. The Kier molecular flexibility index (Phi) is 11.5. The van der Waals surface area contributed by atoms with Gasteiger partial charge in [-0.1, -0.05) is 44.2 Å². The van der Waals surface area contributed by atoms with Crippen LogP contribution in [0.2, 0.25) is 0 Å². The fraction of sp³-hybridized carbons (Fsp3) is 0.577. The molecule has 7 heteroatoms. The summed E-state index contributed by atoms with van der Waals surface area (Å²) in [5.74, 6) is 1.93. The van der Waals surface area contributed by atoms with Crippen LogP contribution in [-0.2, 0) is 14.3 Å². The van der Waals surface area contributed by atoms with Gasteiger partial charge in [0.1, 0.15) is 18.2 Å². The standard InChI is InChI=1S/C26H39N3O4/c1-8-10-11-12-17-29(22(30)18-27-25(32)33-26(5,6)7)23(24(31)28-19(3)4)21-15-13-20(9-2)14-16-21/h2,13-16,19,23H,8,10-12,17-18H2,1,3-7H3,(H,27,32)(H,28,31). The Hall–Kier alpha value is -3.01. The number of amides is 3. The number of hydrogen-bond acceptors (Lipinski definition) is 4. The molecule has 0 aliphatic carbocycles. The molecule has 0 saturated heterocycles. The van der Waals surface area contributed by atoms with Gasteiger partial charge >= 0.3 is 6.09 Å². The first-order chi connectivity index (χ1) is 15.5. The molecule has 0 saturated carbocycles. The predicted molar refractivity (Wildman–Crippen MR) is 130 cm³/mol. The fourth-order valence-electron chi connectivity index (χ4n) is 3.27. The lowest BCUT2D eigenvalue weighted by atomic mass is 10.0. The second-order valence-corrected chi connectivity index (χ2v) is 9.34. The maximum Gasteiger partial charge on any atom is 0.408 e. The van der Waals surface area contributed by atoms with Crippen LogP contribution in [0, 0.1) is 12.3 Å². The van der Waals surface area contributed by atoms with Crippen molar-refractivity contribution in [3.8, 4) is 12.3 Å². The van der Waals surface area contributed by atoms with Gasteiger partial charge < -0.3 is 20.3 Å². The highest BCUT2D eigenvalue weighted by molar-refractivity contribution is 5.90. The van der Waals surface area contributed by atoms with E-state index in [9.17, 15) is 14.4 Å². The van der Waals surface area contributed by atoms with E-state index < -0.39 is 17.7 Å². The molecule has 1 unspecified atom stereocenters. The first-order valence-corrected chi connectivity index (χ1v) is 11.6. The van der Waals surface area contributed by atoms with E-state index in [4.69, 9.17) is 11.2 Å². The van der Waals surface area contributed by atoms with E-state index in [-0.39, 0.29) is 24.4 Å². The maximum atomic E-state index is 13.2. The number of hydrogen-bond donors (Lipinski definition) is 2. The minimum Gasteiger partial charge on any atom is -0.444 e. The molecule has 0 bridgehead atoms. The van der Waals surface area contributed by atoms with Gasteiger partial charge in [0.25, 0.3) is 0 Å². The Morgan fingerprint density at radius 3 is 2.24 bits per heavy atom. The third kappa shape index (κ3) is 10.4. The van der Waals surface area contributed by atoms with Gasteiger partial charge in [0.05, 0.1) is 0 Å². The Morgan fingerprint density at radius 2 is 1.73 bits per heavy atom. The van der Waals surface area contributed by atoms with Crippen LogP contribution in [0.15, 0.2) is 24.3 Å². The summed E-state index contributed by atoms with van der Waals surface area (Å²) in [7, 11) is 0. The van der Waals surface area contributed by atoms with Crippen molar-refractivity contribution >= 4 is 17.9 Å². The van der Waals surface area contributed by atoms with Gasteiger partial charge in [-0.2, -0.15) is 0 Å². The van der Waals surface area contributed by atoms with Crippen LogP contribution in [0.25, 0.3) is 0 Å². The summed E-state index contributed by atoms with van der Waals surface area (Å²) in [5.41, 5.74) is 0.674. The second-order valence-electron chi connectivity index (χ2n) is 9.34. The zero-order valence-electron chi connectivity index (χ0n) is 20.9. The zero-order valence-corrected chi connectivity index (χ0v) is 20.9. The number of carbonyl (C=O) groups is 3. The van der Waals surface area contributed by atoms with Crippen LogP contribution in [0.1, 0.15) is 84.4 Å². The van der Waals surface area contributed by atoms with Crippen molar-refractivity contribution in [2.24, 2.45) is 0 Å². The number of terminal acetylenes is 1. The third-order valence-corrected chi connectivity index (χ3v) is 4.74. The molecule has 3 amide bonds. The molecule has 33 heavy (non-hydrogen) atoms. The molecule has 0 aliphatic heterocycles. The van der Waals surface area contributed by atoms with Crippen molar-refractivity contribution in [3.63, 3.8) is 0 Å². The summed E-state index contributed by atoms with van der Waals surface area (Å²) in [5, 5.41) is 5.43. The molecule has 0 aliphatic rings. The number of nitrogens with zero attached hydrogens (tertiary/aromatic N) is 1. The Labute approximate surface area is 198 Å². The molecule has 0 aromatic heterocycles. The third-order valence-electron chi connectivity index (χ3n) is 4.74. The van der Waals surface area contributed by atoms with E-state index in [0.29, 0.717) is 17.7 Å². The van der Waals surface area contributed by atoms with Crippen molar-refractivity contribution in [1.82, 2.24) is 15.5 Å². The Bertz CT molecular complexity index is 819. The molecule has 2 N–H and O–H groups in total. The average molecular weight is 458 g/mol. The molecular formula is C26H39N3O4. The normalized spacial score (nSPS) is 11.9. The number of nitrogens with one attached hydrogen (secondary N) is 2. The lowest BCUT2D eigenvalue weighted by Gasteiger charge is -2.32. The van der Waals surface area contributed by atoms with Crippen LogP contribution >= 0.6 is 0 Å². The van der Waals surface area contributed by atoms with Gasteiger partial charge in [-0.15, -0.1) is 6.42 Å². The van der Waals surface area contributed by atoms with E-state index in [0.717, 1.165) is 25.7 Å². The molecule has 0 heterocycles. The van der Waals surface area contributed by atoms with Crippen LogP contribution in [0.5, 0.6) is 0 Å². The molecule has 0 spiro atoms. The highest BCUT2D eigenvalue weighted by Gasteiger charge is 2.31. The summed E-state index contributed by atoms with van der Waals surface area (Å²) < 4.78 is 5.23.